The van der Waals surface area contributed by atoms with E-state index in [-0.39, 0.29) is 0 Å². The number of carboxylic acid groups (broad SMARTS) is 2. The number of likely N-dealkylation sites (tertiary alicyclic amines) is 1. The Hall–Kier alpha value is -2.18. The van der Waals surface area contributed by atoms with E-state index >= 15 is 0 Å². The van der Waals surface area contributed by atoms with E-state index in [1.54, 1.807) is 4.88 Å². The van der Waals surface area contributed by atoms with Gasteiger partial charge in [-0.1, -0.05) is 43.9 Å². The molecule has 0 bridgehead atoms. The molecule has 1 aromatic heterocycles. The molecule has 6 heteroatoms. The summed E-state index contributed by atoms with van der Waals surface area (Å²) >= 11 is 2.05. The summed E-state index contributed by atoms with van der Waals surface area (Å²) in [6, 6.07) is 11.4. The summed E-state index contributed by atoms with van der Waals surface area (Å²) in [5.74, 6) is -2.51. The highest BCUT2D eigenvalue weighted by molar-refractivity contribution is 7.19. The van der Waals surface area contributed by atoms with E-state index in [0.717, 1.165) is 0 Å². The molecule has 2 fully saturated rings. The number of aliphatic carboxylic acids is 2. The molecule has 0 unspecified atom stereocenters. The number of fused-ring (bicyclic) bond motifs is 1. The summed E-state index contributed by atoms with van der Waals surface area (Å²) < 4.78 is 1.47. The second-order valence-corrected chi connectivity index (χ2v) is 8.88. The van der Waals surface area contributed by atoms with Crippen LogP contribution in [-0.2, 0) is 15.1 Å². The SMILES string of the molecule is O=C(O)/C=C/C(=O)O.c1ccc2sc(C3(N4CCCCC4)CCCCC3)cc2c1. The Bertz CT molecular complexity index is 812. The van der Waals surface area contributed by atoms with Gasteiger partial charge in [-0.05, 0) is 56.3 Å². The van der Waals surface area contributed by atoms with Crippen LogP contribution < -0.4 is 0 Å². The Kier molecular flexibility index (Phi) is 7.45. The van der Waals surface area contributed by atoms with Gasteiger partial charge >= 0.3 is 11.9 Å². The summed E-state index contributed by atoms with van der Waals surface area (Å²) in [6.45, 7) is 2.63. The van der Waals surface area contributed by atoms with Crippen molar-refractivity contribution in [1.82, 2.24) is 4.90 Å². The number of nitrogens with zero attached hydrogens (tertiary/aromatic N) is 1. The van der Waals surface area contributed by atoms with E-state index in [0.29, 0.717) is 17.7 Å². The third-order valence-electron chi connectivity index (χ3n) is 5.89. The fourth-order valence-corrected chi connectivity index (χ4v) is 5.87. The third-order valence-corrected chi connectivity index (χ3v) is 7.20. The normalized spacial score (nSPS) is 19.6. The monoisotopic (exact) mass is 415 g/mol. The average molecular weight is 416 g/mol. The summed E-state index contributed by atoms with van der Waals surface area (Å²) in [4.78, 5) is 23.6. The topological polar surface area (TPSA) is 77.8 Å². The third kappa shape index (κ3) is 5.46. The second-order valence-electron chi connectivity index (χ2n) is 7.80. The first kappa shape index (κ1) is 21.5. The van der Waals surface area contributed by atoms with Crippen LogP contribution in [0, 0.1) is 0 Å². The van der Waals surface area contributed by atoms with Crippen molar-refractivity contribution in [3.63, 3.8) is 0 Å². The number of benzene rings is 1. The number of piperidine rings is 1. The molecule has 1 saturated carbocycles. The summed E-state index contributed by atoms with van der Waals surface area (Å²) in [5, 5.41) is 17.1. The molecule has 2 heterocycles. The lowest BCUT2D eigenvalue weighted by atomic mass is 9.78. The maximum Gasteiger partial charge on any atom is 0.328 e. The van der Waals surface area contributed by atoms with Gasteiger partial charge in [0, 0.05) is 21.7 Å². The van der Waals surface area contributed by atoms with Crippen LogP contribution in [0.1, 0.15) is 56.2 Å². The molecular formula is C23H29NO4S. The van der Waals surface area contributed by atoms with E-state index in [1.807, 2.05) is 0 Å². The lowest BCUT2D eigenvalue weighted by molar-refractivity contribution is -0.134. The van der Waals surface area contributed by atoms with Crippen LogP contribution in [0.4, 0.5) is 0 Å². The Balaban J connectivity index is 0.000000258. The van der Waals surface area contributed by atoms with Crippen molar-refractivity contribution >= 4 is 33.4 Å². The van der Waals surface area contributed by atoms with Gasteiger partial charge in [0.1, 0.15) is 0 Å². The van der Waals surface area contributed by atoms with Crippen molar-refractivity contribution < 1.29 is 19.8 Å². The van der Waals surface area contributed by atoms with E-state index in [9.17, 15) is 9.59 Å². The van der Waals surface area contributed by atoms with E-state index < -0.39 is 11.9 Å². The Morgan fingerprint density at radius 3 is 2.07 bits per heavy atom. The largest absolute Gasteiger partial charge is 0.478 e. The molecule has 1 saturated heterocycles. The molecule has 2 aliphatic rings. The van der Waals surface area contributed by atoms with Crippen LogP contribution >= 0.6 is 11.3 Å². The number of carbonyl (C=O) groups is 2. The first-order valence-electron chi connectivity index (χ1n) is 10.4. The van der Waals surface area contributed by atoms with E-state index in [1.165, 1.54) is 74.5 Å². The van der Waals surface area contributed by atoms with Crippen LogP contribution in [0.2, 0.25) is 0 Å². The van der Waals surface area contributed by atoms with Gasteiger partial charge in [0.2, 0.25) is 0 Å². The molecule has 156 valence electrons. The highest BCUT2D eigenvalue weighted by atomic mass is 32.1. The minimum atomic E-state index is -1.26. The number of carboxylic acids is 2. The zero-order chi connectivity index (χ0) is 20.7. The molecule has 1 aliphatic carbocycles. The highest BCUT2D eigenvalue weighted by Gasteiger charge is 2.41. The van der Waals surface area contributed by atoms with Crippen molar-refractivity contribution in [2.75, 3.05) is 13.1 Å². The Labute approximate surface area is 175 Å². The van der Waals surface area contributed by atoms with Crippen molar-refractivity contribution in [3.05, 3.63) is 47.4 Å². The quantitative estimate of drug-likeness (QED) is 0.666. The molecule has 29 heavy (non-hydrogen) atoms. The van der Waals surface area contributed by atoms with E-state index in [2.05, 4.69) is 46.6 Å². The summed E-state index contributed by atoms with van der Waals surface area (Å²) in [6.07, 6.45) is 12.3. The van der Waals surface area contributed by atoms with Crippen molar-refractivity contribution in [2.45, 2.75) is 56.9 Å². The molecular weight excluding hydrogens is 386 g/mol. The fraction of sp³-hybridized carbons (Fsp3) is 0.478. The molecule has 4 rings (SSSR count). The lowest BCUT2D eigenvalue weighted by Gasteiger charge is -2.48. The van der Waals surface area contributed by atoms with Gasteiger partial charge in [-0.25, -0.2) is 9.59 Å². The van der Waals surface area contributed by atoms with Crippen LogP contribution in [0.5, 0.6) is 0 Å². The minimum Gasteiger partial charge on any atom is -0.478 e. The van der Waals surface area contributed by atoms with Gasteiger partial charge in [-0.3, -0.25) is 4.90 Å². The van der Waals surface area contributed by atoms with Gasteiger partial charge in [0.05, 0.1) is 5.54 Å². The molecule has 0 amide bonds. The molecule has 5 nitrogen and oxygen atoms in total. The van der Waals surface area contributed by atoms with Crippen LogP contribution in [0.3, 0.4) is 0 Å². The zero-order valence-electron chi connectivity index (χ0n) is 16.7. The predicted molar refractivity (Wildman–Crippen MR) is 116 cm³/mol. The fourth-order valence-electron chi connectivity index (χ4n) is 4.53. The average Bonchev–Trinajstić information content (AvgIpc) is 3.19. The standard InChI is InChI=1S/C19H25NS.C4H4O4/c1-5-11-19(12-6-1,20-13-7-2-8-14-20)18-15-16-9-3-4-10-17(16)21-18;5-3(6)1-2-4(7)8/h3-4,9-10,15H,1-2,5-8,11-14H2;1-2H,(H,5,6)(H,7,8)/b;2-1+. The molecule has 1 aromatic carbocycles. The molecule has 0 radical (unpaired) electrons. The predicted octanol–water partition coefficient (Wildman–Crippen LogP) is 5.26. The summed E-state index contributed by atoms with van der Waals surface area (Å²) in [7, 11) is 0. The van der Waals surface area contributed by atoms with Crippen LogP contribution in [-0.4, -0.2) is 40.1 Å². The maximum absolute atomic E-state index is 9.55. The molecule has 0 spiro atoms. The van der Waals surface area contributed by atoms with Gasteiger partial charge in [-0.15, -0.1) is 11.3 Å². The highest BCUT2D eigenvalue weighted by Crippen LogP contribution is 2.47. The van der Waals surface area contributed by atoms with Gasteiger partial charge in [0.15, 0.2) is 0 Å². The minimum absolute atomic E-state index is 0.363. The molecule has 0 atom stereocenters. The second kappa shape index (κ2) is 10.0. The Morgan fingerprint density at radius 1 is 0.897 bits per heavy atom. The first-order valence-corrected chi connectivity index (χ1v) is 11.2. The molecule has 2 aromatic rings. The molecule has 2 N–H and O–H groups in total. The number of hydrogen-bond acceptors (Lipinski definition) is 4. The summed E-state index contributed by atoms with van der Waals surface area (Å²) in [5.41, 5.74) is 0.363. The van der Waals surface area contributed by atoms with Crippen LogP contribution in [0.25, 0.3) is 10.1 Å². The van der Waals surface area contributed by atoms with Crippen molar-refractivity contribution in [3.8, 4) is 0 Å². The smallest absolute Gasteiger partial charge is 0.328 e. The van der Waals surface area contributed by atoms with Crippen molar-refractivity contribution in [1.29, 1.82) is 0 Å². The van der Waals surface area contributed by atoms with E-state index in [4.69, 9.17) is 10.2 Å². The number of hydrogen-bond donors (Lipinski definition) is 2. The van der Waals surface area contributed by atoms with Crippen LogP contribution in [0.15, 0.2) is 42.5 Å². The van der Waals surface area contributed by atoms with Crippen molar-refractivity contribution in [2.24, 2.45) is 0 Å². The first-order chi connectivity index (χ1) is 14.0. The Morgan fingerprint density at radius 2 is 1.48 bits per heavy atom. The van der Waals surface area contributed by atoms with Gasteiger partial charge in [-0.2, -0.15) is 0 Å². The zero-order valence-corrected chi connectivity index (χ0v) is 17.5. The lowest BCUT2D eigenvalue weighted by Crippen LogP contribution is -2.49. The van der Waals surface area contributed by atoms with Gasteiger partial charge in [0.25, 0.3) is 0 Å². The number of thiophene rings is 1. The number of rotatable bonds is 4. The van der Waals surface area contributed by atoms with Gasteiger partial charge < -0.3 is 10.2 Å². The maximum atomic E-state index is 9.55. The molecule has 1 aliphatic heterocycles.